The predicted octanol–water partition coefficient (Wildman–Crippen LogP) is 6.06. The molecule has 12 nitrogen and oxygen atoms in total. The van der Waals surface area contributed by atoms with Gasteiger partial charge in [0.05, 0.1) is 18.5 Å². The van der Waals surface area contributed by atoms with E-state index in [1.807, 2.05) is 6.08 Å². The largest absolute Gasteiger partial charge is 0.367 e. The van der Waals surface area contributed by atoms with Crippen LogP contribution in [0.3, 0.4) is 0 Å². The predicted molar refractivity (Wildman–Crippen MR) is 181 cm³/mol. The Labute approximate surface area is 293 Å². The average Bonchev–Trinajstić information content (AvgIpc) is 3.70. The van der Waals surface area contributed by atoms with Crippen molar-refractivity contribution >= 4 is 56.3 Å². The van der Waals surface area contributed by atoms with Gasteiger partial charge in [-0.2, -0.15) is 0 Å². The molecule has 18 heteroatoms. The number of hydrogen-bond acceptors (Lipinski definition) is 12. The molecule has 0 saturated heterocycles. The van der Waals surface area contributed by atoms with E-state index >= 15 is 0 Å². The number of carbonyl (C=O) groups excluding carboxylic acids is 2. The summed E-state index contributed by atoms with van der Waals surface area (Å²) in [6, 6.07) is 4.53. The fraction of sp³-hybridized carbons (Fsp3) is 0.562. The minimum Gasteiger partial charge on any atom is -0.367 e. The Balaban J connectivity index is 0.872. The van der Waals surface area contributed by atoms with Gasteiger partial charge in [-0.05, 0) is 37.5 Å². The van der Waals surface area contributed by atoms with Crippen LogP contribution >= 0.6 is 22.7 Å². The number of nitrogens with zero attached hydrogens (tertiary/aromatic N) is 6. The van der Waals surface area contributed by atoms with E-state index in [2.05, 4.69) is 51.6 Å². The zero-order valence-corrected chi connectivity index (χ0v) is 28.5. The minimum atomic E-state index is -2.63. The summed E-state index contributed by atoms with van der Waals surface area (Å²) < 4.78 is 52.7. The van der Waals surface area contributed by atoms with E-state index in [1.165, 1.54) is 22.7 Å². The van der Waals surface area contributed by atoms with Crippen molar-refractivity contribution in [3.05, 3.63) is 46.1 Å². The van der Waals surface area contributed by atoms with Gasteiger partial charge in [0.1, 0.15) is 22.0 Å². The molecule has 3 aliphatic carbocycles. The van der Waals surface area contributed by atoms with Gasteiger partial charge in [-0.25, -0.2) is 22.5 Å². The highest BCUT2D eigenvalue weighted by Crippen LogP contribution is 2.44. The third-order valence-electron chi connectivity index (χ3n) is 9.19. The molecule has 3 atom stereocenters. The number of aromatic nitrogens is 5. The Bertz CT molecular complexity index is 1770. The van der Waals surface area contributed by atoms with Crippen molar-refractivity contribution in [1.29, 1.82) is 0 Å². The summed E-state index contributed by atoms with van der Waals surface area (Å²) in [4.78, 5) is 34.4. The monoisotopic (exact) mass is 732 g/mol. The Morgan fingerprint density at radius 2 is 1.44 bits per heavy atom. The second kappa shape index (κ2) is 14.4. The lowest BCUT2D eigenvalue weighted by molar-refractivity contribution is -0.116. The molecule has 1 unspecified atom stereocenters. The summed E-state index contributed by atoms with van der Waals surface area (Å²) in [5, 5.41) is 31.3. The van der Waals surface area contributed by atoms with Crippen molar-refractivity contribution in [3.8, 4) is 0 Å². The molecular weight excluding hydrogens is 697 g/mol. The Morgan fingerprint density at radius 3 is 2.08 bits per heavy atom. The number of amides is 2. The molecule has 3 fully saturated rings. The fourth-order valence-corrected chi connectivity index (χ4v) is 8.53. The summed E-state index contributed by atoms with van der Waals surface area (Å²) >= 11 is 2.67. The number of hydrogen-bond donors (Lipinski definition) is 4. The first-order valence-corrected chi connectivity index (χ1v) is 18.3. The highest BCUT2D eigenvalue weighted by atomic mass is 32.1. The van der Waals surface area contributed by atoms with Crippen LogP contribution in [0.15, 0.2) is 35.3 Å². The van der Waals surface area contributed by atoms with E-state index in [0.29, 0.717) is 33.9 Å². The first-order valence-electron chi connectivity index (χ1n) is 16.7. The lowest BCUT2D eigenvalue weighted by Gasteiger charge is -2.37. The smallest absolute Gasteiger partial charge is 0.252 e. The average molecular weight is 733 g/mol. The van der Waals surface area contributed by atoms with Crippen LogP contribution in [0, 0.1) is 0 Å². The summed E-state index contributed by atoms with van der Waals surface area (Å²) in [6.45, 7) is 0. The molecule has 50 heavy (non-hydrogen) atoms. The molecular formula is C32H36F4N10O2S2. The Morgan fingerprint density at radius 1 is 0.820 bits per heavy atom. The van der Waals surface area contributed by atoms with Crippen molar-refractivity contribution in [2.24, 2.45) is 4.99 Å². The number of alkyl halides is 4. The normalized spacial score (nSPS) is 24.5. The van der Waals surface area contributed by atoms with Crippen molar-refractivity contribution in [1.82, 2.24) is 30.7 Å². The quantitative estimate of drug-likeness (QED) is 0.163. The molecule has 4 N–H and O–H groups in total. The van der Waals surface area contributed by atoms with Crippen LogP contribution in [0.2, 0.25) is 0 Å². The van der Waals surface area contributed by atoms with E-state index in [0.717, 1.165) is 35.7 Å². The van der Waals surface area contributed by atoms with Crippen molar-refractivity contribution in [2.45, 2.75) is 113 Å². The van der Waals surface area contributed by atoms with Gasteiger partial charge in [-0.3, -0.25) is 19.9 Å². The van der Waals surface area contributed by atoms with E-state index in [1.54, 1.807) is 24.3 Å². The first kappa shape index (κ1) is 34.5. The topological polar surface area (TPSA) is 159 Å². The van der Waals surface area contributed by atoms with E-state index in [4.69, 9.17) is 0 Å². The van der Waals surface area contributed by atoms with Crippen LogP contribution in [0.4, 0.5) is 33.6 Å². The maximum Gasteiger partial charge on any atom is 0.252 e. The highest BCUT2D eigenvalue weighted by molar-refractivity contribution is 7.15. The molecule has 266 valence electrons. The van der Waals surface area contributed by atoms with E-state index < -0.39 is 11.8 Å². The summed E-state index contributed by atoms with van der Waals surface area (Å²) in [5.41, 5.74) is 1.08. The third kappa shape index (κ3) is 8.87. The van der Waals surface area contributed by atoms with Gasteiger partial charge in [-0.15, -0.1) is 20.4 Å². The number of dihydropyridines is 1. The van der Waals surface area contributed by atoms with Gasteiger partial charge in [0.15, 0.2) is 0 Å². The molecule has 0 spiro atoms. The molecule has 4 heterocycles. The molecule has 2 amide bonds. The highest BCUT2D eigenvalue weighted by Gasteiger charge is 2.46. The van der Waals surface area contributed by atoms with Crippen LogP contribution in [0.1, 0.15) is 91.8 Å². The molecule has 3 saturated carbocycles. The number of rotatable bonds is 12. The Hall–Kier alpha value is -3.90. The molecule has 0 bridgehead atoms. The first-order chi connectivity index (χ1) is 23.9. The molecule has 7 rings (SSSR count). The summed E-state index contributed by atoms with van der Waals surface area (Å²) in [5.74, 6) is -5.10. The summed E-state index contributed by atoms with van der Waals surface area (Å²) in [6.07, 6.45) is 6.72. The number of halogens is 4. The van der Waals surface area contributed by atoms with Gasteiger partial charge >= 0.3 is 0 Å². The van der Waals surface area contributed by atoms with Crippen LogP contribution < -0.4 is 21.3 Å². The second-order valence-corrected chi connectivity index (χ2v) is 15.4. The van der Waals surface area contributed by atoms with Crippen LogP contribution in [-0.2, 0) is 16.0 Å². The van der Waals surface area contributed by atoms with Gasteiger partial charge in [0.25, 0.3) is 11.8 Å². The van der Waals surface area contributed by atoms with Gasteiger partial charge in [-0.1, -0.05) is 41.2 Å². The fourth-order valence-electron chi connectivity index (χ4n) is 6.72. The molecule has 3 aromatic rings. The lowest BCUT2D eigenvalue weighted by Crippen LogP contribution is -2.51. The van der Waals surface area contributed by atoms with Crippen molar-refractivity contribution in [3.63, 3.8) is 0 Å². The van der Waals surface area contributed by atoms with Crippen LogP contribution in [0.25, 0.3) is 0 Å². The maximum absolute atomic E-state index is 13.2. The van der Waals surface area contributed by atoms with E-state index in [-0.39, 0.29) is 80.4 Å². The maximum atomic E-state index is 13.2. The number of carbonyl (C=O) groups is 2. The van der Waals surface area contributed by atoms with Gasteiger partial charge < -0.3 is 16.0 Å². The van der Waals surface area contributed by atoms with Crippen LogP contribution in [0.5, 0.6) is 0 Å². The zero-order valence-electron chi connectivity index (χ0n) is 26.9. The minimum absolute atomic E-state index is 0.000606. The standard InChI is InChI=1S/C32H36F4N10O2S2/c33-31(34)13-21(14-31)39-23-8-2-6-19(37-23)11-25(47)41-29-45-43-27(49-29)17-4-1-5-18(10-17)28-44-46-30(50-28)42-26(48)12-20-7-3-9-24(38-20)40-22-15-32(35,36)16-22/h2-3,6-8,17-18,21-22,24,40H,1,4-5,9-16H2,(H,37,39)(H,41,45,47)(H,42,46,48)/t17-,18-,24?/m0/s1. The van der Waals surface area contributed by atoms with Crippen molar-refractivity contribution < 1.29 is 27.2 Å². The number of anilines is 3. The third-order valence-corrected chi connectivity index (χ3v) is 11.2. The van der Waals surface area contributed by atoms with Crippen molar-refractivity contribution in [2.75, 3.05) is 16.0 Å². The number of nitrogens with one attached hydrogen (secondary N) is 4. The number of aliphatic imine (C=N–C) groups is 1. The lowest BCUT2D eigenvalue weighted by atomic mass is 9.82. The second-order valence-electron chi connectivity index (χ2n) is 13.4. The number of allylic oxidation sites excluding steroid dienone is 1. The molecule has 4 aliphatic rings. The summed E-state index contributed by atoms with van der Waals surface area (Å²) in [7, 11) is 0. The zero-order chi connectivity index (χ0) is 34.9. The number of pyridine rings is 1. The van der Waals surface area contributed by atoms with Gasteiger partial charge in [0.2, 0.25) is 22.1 Å². The van der Waals surface area contributed by atoms with Crippen LogP contribution in [-0.4, -0.2) is 73.0 Å². The molecule has 0 aromatic carbocycles. The molecule has 0 radical (unpaired) electrons. The SMILES string of the molecule is O=C(CC1=NC(NC2CC(F)(F)C2)CC=C1)Nc1nnc([C@H]2CCC[C@H](c3nnc(NC(=O)Cc4cccc(NC5CC(F)(F)C5)n4)s3)C2)s1. The van der Waals surface area contributed by atoms with E-state index in [9.17, 15) is 27.2 Å². The molecule has 1 aliphatic heterocycles. The molecule has 3 aromatic heterocycles. The Kier molecular flexibility index (Phi) is 9.93. The van der Waals surface area contributed by atoms with Gasteiger partial charge in [0, 0.05) is 61.7 Å².